The first-order chi connectivity index (χ1) is 12.2. The zero-order chi connectivity index (χ0) is 17.5. The van der Waals surface area contributed by atoms with E-state index < -0.39 is 0 Å². The molecule has 0 bridgehead atoms. The average Bonchev–Trinajstić information content (AvgIpc) is 2.87. The summed E-state index contributed by atoms with van der Waals surface area (Å²) in [4.78, 5) is 38.3. The van der Waals surface area contributed by atoms with E-state index in [1.807, 2.05) is 6.07 Å². The number of hydrogen-bond donors (Lipinski definition) is 2. The second-order valence-electron chi connectivity index (χ2n) is 6.23. The summed E-state index contributed by atoms with van der Waals surface area (Å²) >= 11 is 0. The second kappa shape index (κ2) is 8.61. The van der Waals surface area contributed by atoms with Gasteiger partial charge in [0.15, 0.2) is 0 Å². The Morgan fingerprint density at radius 1 is 1.16 bits per heavy atom. The monoisotopic (exact) mass is 347 g/mol. The number of rotatable bonds is 4. The third kappa shape index (κ3) is 5.02. The van der Waals surface area contributed by atoms with Gasteiger partial charge in [-0.15, -0.1) is 0 Å². The Kier molecular flexibility index (Phi) is 5.99. The molecule has 2 fully saturated rings. The summed E-state index contributed by atoms with van der Waals surface area (Å²) in [5.74, 6) is 0.682. The largest absolute Gasteiger partial charge is 0.354 e. The molecule has 25 heavy (non-hydrogen) atoms. The van der Waals surface area contributed by atoms with Crippen molar-refractivity contribution in [3.63, 3.8) is 0 Å². The molecule has 0 aliphatic carbocycles. The summed E-state index contributed by atoms with van der Waals surface area (Å²) in [6.07, 6.45) is 4.31. The molecule has 0 unspecified atom stereocenters. The summed E-state index contributed by atoms with van der Waals surface area (Å²) < 4.78 is 0. The van der Waals surface area contributed by atoms with Gasteiger partial charge in [0.25, 0.3) is 0 Å². The van der Waals surface area contributed by atoms with Gasteiger partial charge in [-0.25, -0.2) is 14.8 Å². The van der Waals surface area contributed by atoms with E-state index in [0.29, 0.717) is 19.6 Å². The van der Waals surface area contributed by atoms with Crippen molar-refractivity contribution in [2.45, 2.75) is 6.42 Å². The van der Waals surface area contributed by atoms with Crippen molar-refractivity contribution in [3.8, 4) is 0 Å². The van der Waals surface area contributed by atoms with Crippen LogP contribution in [0.3, 0.4) is 0 Å². The Labute approximate surface area is 147 Å². The number of carbonyl (C=O) groups excluding carboxylic acids is 2. The van der Waals surface area contributed by atoms with Crippen LogP contribution >= 0.6 is 0 Å². The molecule has 0 spiro atoms. The van der Waals surface area contributed by atoms with Gasteiger partial charge in [-0.05, 0) is 12.5 Å². The number of hydrogen-bond acceptors (Lipinski definition) is 6. The highest BCUT2D eigenvalue weighted by Crippen LogP contribution is 2.09. The molecule has 3 heterocycles. The topological polar surface area (TPSA) is 93.7 Å². The summed E-state index contributed by atoms with van der Waals surface area (Å²) in [6, 6.07) is 1.66. The van der Waals surface area contributed by atoms with Crippen LogP contribution in [-0.2, 0) is 4.79 Å². The molecule has 3 rings (SSSR count). The Morgan fingerprint density at radius 3 is 2.68 bits per heavy atom. The summed E-state index contributed by atoms with van der Waals surface area (Å²) in [5.41, 5.74) is 0. The first-order valence-corrected chi connectivity index (χ1v) is 8.76. The quantitative estimate of drug-likeness (QED) is 0.735. The van der Waals surface area contributed by atoms with Crippen LogP contribution in [0.4, 0.5) is 10.7 Å². The van der Waals surface area contributed by atoms with E-state index in [9.17, 15) is 9.59 Å². The molecule has 2 saturated heterocycles. The average molecular weight is 347 g/mol. The molecule has 1 aromatic rings. The minimum absolute atomic E-state index is 0.0908. The molecule has 0 atom stereocenters. The standard InChI is InChI=1S/C16H25N7O2/c24-14-13-23(7-2-5-17-14)16(25)20-6-8-21-9-11-22(12-10-21)15-18-3-1-4-19-15/h1,3-4H,2,5-13H2,(H,17,24)(H,20,25). The molecule has 9 nitrogen and oxygen atoms in total. The van der Waals surface area contributed by atoms with Gasteiger partial charge in [0.05, 0.1) is 0 Å². The Bertz CT molecular complexity index is 575. The third-order valence-electron chi connectivity index (χ3n) is 4.46. The van der Waals surface area contributed by atoms with Crippen LogP contribution in [-0.4, -0.2) is 90.6 Å². The summed E-state index contributed by atoms with van der Waals surface area (Å²) in [7, 11) is 0. The van der Waals surface area contributed by atoms with E-state index in [1.54, 1.807) is 17.3 Å². The molecule has 0 saturated carbocycles. The summed E-state index contributed by atoms with van der Waals surface area (Å²) in [6.45, 7) is 6.36. The normalized spacial score (nSPS) is 19.3. The van der Waals surface area contributed by atoms with Gasteiger partial charge in [0, 0.05) is 64.8 Å². The SMILES string of the molecule is O=C1CN(C(=O)NCCN2CCN(c3ncccn3)CC2)CCCN1. The van der Waals surface area contributed by atoms with Crippen LogP contribution in [0, 0.1) is 0 Å². The van der Waals surface area contributed by atoms with Gasteiger partial charge in [-0.1, -0.05) is 0 Å². The first kappa shape index (κ1) is 17.4. The molecule has 9 heteroatoms. The van der Waals surface area contributed by atoms with Crippen LogP contribution in [0.25, 0.3) is 0 Å². The van der Waals surface area contributed by atoms with Crippen molar-refractivity contribution in [2.24, 2.45) is 0 Å². The van der Waals surface area contributed by atoms with Gasteiger partial charge >= 0.3 is 6.03 Å². The van der Waals surface area contributed by atoms with Gasteiger partial charge in [0.1, 0.15) is 6.54 Å². The molecule has 136 valence electrons. The Hall–Kier alpha value is -2.42. The fraction of sp³-hybridized carbons (Fsp3) is 0.625. The second-order valence-corrected chi connectivity index (χ2v) is 6.23. The lowest BCUT2D eigenvalue weighted by Crippen LogP contribution is -2.50. The molecule has 0 aromatic carbocycles. The van der Waals surface area contributed by atoms with E-state index in [1.165, 1.54) is 0 Å². The van der Waals surface area contributed by atoms with Crippen molar-refractivity contribution in [1.29, 1.82) is 0 Å². The smallest absolute Gasteiger partial charge is 0.317 e. The van der Waals surface area contributed by atoms with Crippen LogP contribution in [0.2, 0.25) is 0 Å². The molecule has 0 radical (unpaired) electrons. The minimum atomic E-state index is -0.159. The highest BCUT2D eigenvalue weighted by Gasteiger charge is 2.21. The van der Waals surface area contributed by atoms with Crippen molar-refractivity contribution < 1.29 is 9.59 Å². The lowest BCUT2D eigenvalue weighted by Gasteiger charge is -2.34. The van der Waals surface area contributed by atoms with E-state index in [0.717, 1.165) is 45.1 Å². The fourth-order valence-electron chi connectivity index (χ4n) is 3.04. The number of urea groups is 1. The Morgan fingerprint density at radius 2 is 1.92 bits per heavy atom. The van der Waals surface area contributed by atoms with Crippen molar-refractivity contribution in [3.05, 3.63) is 18.5 Å². The van der Waals surface area contributed by atoms with Crippen LogP contribution in [0.1, 0.15) is 6.42 Å². The molecular weight excluding hydrogens is 322 g/mol. The molecule has 2 aliphatic rings. The maximum atomic E-state index is 12.2. The molecule has 3 amide bonds. The number of piperazine rings is 1. The van der Waals surface area contributed by atoms with Crippen LogP contribution in [0.5, 0.6) is 0 Å². The number of nitrogens with zero attached hydrogens (tertiary/aromatic N) is 5. The van der Waals surface area contributed by atoms with E-state index in [-0.39, 0.29) is 18.5 Å². The lowest BCUT2D eigenvalue weighted by atomic mass is 10.3. The van der Waals surface area contributed by atoms with Crippen molar-refractivity contribution in [1.82, 2.24) is 30.4 Å². The molecule has 1 aromatic heterocycles. The van der Waals surface area contributed by atoms with Crippen LogP contribution < -0.4 is 15.5 Å². The van der Waals surface area contributed by atoms with Crippen molar-refractivity contribution >= 4 is 17.9 Å². The van der Waals surface area contributed by atoms with E-state index in [4.69, 9.17) is 0 Å². The minimum Gasteiger partial charge on any atom is -0.354 e. The number of aromatic nitrogens is 2. The maximum absolute atomic E-state index is 12.2. The van der Waals surface area contributed by atoms with Gasteiger partial charge in [0.2, 0.25) is 11.9 Å². The molecular formula is C16H25N7O2. The van der Waals surface area contributed by atoms with Crippen LogP contribution in [0.15, 0.2) is 18.5 Å². The highest BCUT2D eigenvalue weighted by atomic mass is 16.2. The molecule has 2 N–H and O–H groups in total. The van der Waals surface area contributed by atoms with E-state index in [2.05, 4.69) is 30.4 Å². The van der Waals surface area contributed by atoms with Gasteiger partial charge < -0.3 is 20.4 Å². The number of nitrogens with one attached hydrogen (secondary N) is 2. The fourth-order valence-corrected chi connectivity index (χ4v) is 3.04. The zero-order valence-electron chi connectivity index (χ0n) is 14.4. The van der Waals surface area contributed by atoms with Gasteiger partial charge in [-0.2, -0.15) is 0 Å². The Balaban J connectivity index is 1.36. The predicted molar refractivity (Wildman–Crippen MR) is 93.3 cm³/mol. The zero-order valence-corrected chi connectivity index (χ0v) is 14.4. The molecule has 2 aliphatic heterocycles. The number of anilines is 1. The van der Waals surface area contributed by atoms with Gasteiger partial charge in [-0.3, -0.25) is 9.69 Å². The summed E-state index contributed by atoms with van der Waals surface area (Å²) in [5, 5.41) is 5.69. The number of carbonyl (C=O) groups is 2. The first-order valence-electron chi connectivity index (χ1n) is 8.76. The van der Waals surface area contributed by atoms with Crippen molar-refractivity contribution in [2.75, 3.05) is 63.8 Å². The third-order valence-corrected chi connectivity index (χ3v) is 4.46. The van der Waals surface area contributed by atoms with E-state index >= 15 is 0 Å². The highest BCUT2D eigenvalue weighted by molar-refractivity contribution is 5.84. The predicted octanol–water partition coefficient (Wildman–Crippen LogP) is -0.870. The maximum Gasteiger partial charge on any atom is 0.317 e. The number of amides is 3. The lowest BCUT2D eigenvalue weighted by molar-refractivity contribution is -0.121.